The van der Waals surface area contributed by atoms with Gasteiger partial charge in [0.15, 0.2) is 0 Å². The van der Waals surface area contributed by atoms with Gasteiger partial charge in [0.2, 0.25) is 0 Å². The molecular formula is C21H22F3NO4. The molecule has 0 saturated heterocycles. The number of benzene rings is 2. The molecule has 2 aromatic rings. The highest BCUT2D eigenvalue weighted by Crippen LogP contribution is 2.42. The van der Waals surface area contributed by atoms with E-state index in [1.807, 2.05) is 0 Å². The summed E-state index contributed by atoms with van der Waals surface area (Å²) in [6.45, 7) is 1.59. The van der Waals surface area contributed by atoms with E-state index in [1.165, 1.54) is 18.2 Å². The lowest BCUT2D eigenvalue weighted by molar-refractivity contribution is -0.266. The van der Waals surface area contributed by atoms with Gasteiger partial charge in [-0.25, -0.2) is 4.79 Å². The van der Waals surface area contributed by atoms with E-state index in [2.05, 4.69) is 5.32 Å². The van der Waals surface area contributed by atoms with Crippen LogP contribution in [0.2, 0.25) is 0 Å². The highest BCUT2D eigenvalue weighted by atomic mass is 19.4. The molecule has 8 heteroatoms. The van der Waals surface area contributed by atoms with E-state index in [-0.39, 0.29) is 13.0 Å². The molecule has 0 aliphatic carbocycles. The van der Waals surface area contributed by atoms with Gasteiger partial charge in [-0.3, -0.25) is 4.79 Å². The molecule has 0 spiro atoms. The lowest BCUT2D eigenvalue weighted by atomic mass is 9.91. The Balaban J connectivity index is 2.41. The summed E-state index contributed by atoms with van der Waals surface area (Å²) in [6, 6.07) is 13.8. The summed E-state index contributed by atoms with van der Waals surface area (Å²) in [6.07, 6.45) is -5.10. The monoisotopic (exact) mass is 409 g/mol. The predicted octanol–water partition coefficient (Wildman–Crippen LogP) is 3.38. The highest BCUT2D eigenvalue weighted by molar-refractivity contribution is 5.91. The number of ether oxygens (including phenoxy) is 2. The zero-order valence-electron chi connectivity index (χ0n) is 16.0. The predicted molar refractivity (Wildman–Crippen MR) is 99.9 cm³/mol. The van der Waals surface area contributed by atoms with Gasteiger partial charge in [0.25, 0.3) is 11.5 Å². The van der Waals surface area contributed by atoms with Crippen LogP contribution in [0, 0.1) is 0 Å². The quantitative estimate of drug-likeness (QED) is 0.679. The van der Waals surface area contributed by atoms with Gasteiger partial charge in [0.1, 0.15) is 6.04 Å². The van der Waals surface area contributed by atoms with Crippen molar-refractivity contribution in [3.63, 3.8) is 0 Å². The van der Waals surface area contributed by atoms with Crippen molar-refractivity contribution in [3.8, 4) is 0 Å². The lowest BCUT2D eigenvalue weighted by Gasteiger charge is -2.34. The van der Waals surface area contributed by atoms with Crippen LogP contribution in [0.5, 0.6) is 0 Å². The highest BCUT2D eigenvalue weighted by Gasteiger charge is 2.63. The van der Waals surface area contributed by atoms with Gasteiger partial charge in [-0.2, -0.15) is 13.2 Å². The summed E-state index contributed by atoms with van der Waals surface area (Å²) < 4.78 is 51.8. The molecule has 0 aliphatic rings. The smallest absolute Gasteiger partial charge is 0.430 e. The molecule has 0 aromatic heterocycles. The number of rotatable bonds is 8. The topological polar surface area (TPSA) is 64.6 Å². The van der Waals surface area contributed by atoms with Crippen molar-refractivity contribution < 1.29 is 32.2 Å². The van der Waals surface area contributed by atoms with Crippen LogP contribution < -0.4 is 5.32 Å². The van der Waals surface area contributed by atoms with Crippen LogP contribution >= 0.6 is 0 Å². The van der Waals surface area contributed by atoms with Crippen LogP contribution in [0.4, 0.5) is 13.2 Å². The number of carbonyl (C=O) groups excluding carboxylic acids is 2. The number of hydrogen-bond donors (Lipinski definition) is 1. The second kappa shape index (κ2) is 9.56. The molecular weight excluding hydrogens is 387 g/mol. The summed E-state index contributed by atoms with van der Waals surface area (Å²) in [7, 11) is 0.802. The minimum absolute atomic E-state index is 0.0212. The van der Waals surface area contributed by atoms with Gasteiger partial charge in [-0.1, -0.05) is 60.7 Å². The Kier molecular flexibility index (Phi) is 7.39. The second-order valence-electron chi connectivity index (χ2n) is 6.22. The Labute approximate surface area is 166 Å². The van der Waals surface area contributed by atoms with Crippen molar-refractivity contribution in [2.45, 2.75) is 31.2 Å². The molecule has 0 radical (unpaired) electrons. The van der Waals surface area contributed by atoms with Crippen LogP contribution in [0.15, 0.2) is 60.7 Å². The van der Waals surface area contributed by atoms with E-state index < -0.39 is 35.3 Å². The van der Waals surface area contributed by atoms with E-state index in [0.29, 0.717) is 5.56 Å². The van der Waals surface area contributed by atoms with Crippen molar-refractivity contribution in [2.24, 2.45) is 0 Å². The Morgan fingerprint density at radius 3 is 2.03 bits per heavy atom. The number of nitrogens with one attached hydrogen (secondary N) is 1. The fraction of sp³-hybridized carbons (Fsp3) is 0.333. The number of hydrogen-bond acceptors (Lipinski definition) is 4. The van der Waals surface area contributed by atoms with Gasteiger partial charge >= 0.3 is 12.1 Å². The standard InChI is InChI=1S/C21H22F3NO4/c1-3-29-18(26)17(14-15-10-6-4-7-11-15)25-19(27)20(28-2,21(22,23)24)16-12-8-5-9-13-16/h4-13,17H,3,14H2,1-2H3,(H,25,27)/t17-,20-/m0/s1. The Morgan fingerprint density at radius 1 is 1.00 bits per heavy atom. The first-order chi connectivity index (χ1) is 13.8. The minimum Gasteiger partial charge on any atom is -0.464 e. The average Bonchev–Trinajstić information content (AvgIpc) is 2.69. The fourth-order valence-corrected chi connectivity index (χ4v) is 2.97. The van der Waals surface area contributed by atoms with Crippen LogP contribution in [0.1, 0.15) is 18.1 Å². The maximum absolute atomic E-state index is 14.0. The largest absolute Gasteiger partial charge is 0.464 e. The molecule has 2 aromatic carbocycles. The molecule has 0 heterocycles. The van der Waals surface area contributed by atoms with Gasteiger partial charge < -0.3 is 14.8 Å². The Morgan fingerprint density at radius 2 is 1.55 bits per heavy atom. The first-order valence-corrected chi connectivity index (χ1v) is 8.95. The summed E-state index contributed by atoms with van der Waals surface area (Å²) in [5, 5.41) is 2.19. The molecule has 0 bridgehead atoms. The fourth-order valence-electron chi connectivity index (χ4n) is 2.97. The zero-order valence-corrected chi connectivity index (χ0v) is 16.0. The first kappa shape index (κ1) is 22.4. The van der Waals surface area contributed by atoms with E-state index in [4.69, 9.17) is 9.47 Å². The number of carbonyl (C=O) groups is 2. The molecule has 0 unspecified atom stereocenters. The van der Waals surface area contributed by atoms with Gasteiger partial charge in [-0.15, -0.1) is 0 Å². The molecule has 0 aliphatic heterocycles. The lowest BCUT2D eigenvalue weighted by Crippen LogP contribution is -2.59. The van der Waals surface area contributed by atoms with Crippen molar-refractivity contribution >= 4 is 11.9 Å². The van der Waals surface area contributed by atoms with Gasteiger partial charge in [0.05, 0.1) is 6.61 Å². The van der Waals surface area contributed by atoms with Crippen LogP contribution in [0.25, 0.3) is 0 Å². The van der Waals surface area contributed by atoms with Gasteiger partial charge in [0, 0.05) is 19.1 Å². The summed E-state index contributed by atoms with van der Waals surface area (Å²) in [4.78, 5) is 25.2. The Hall–Kier alpha value is -2.87. The summed E-state index contributed by atoms with van der Waals surface area (Å²) in [5.74, 6) is -2.32. The molecule has 29 heavy (non-hydrogen) atoms. The SMILES string of the molecule is CCOC(=O)[C@H](Cc1ccccc1)NC(=O)[C@@](OC)(c1ccccc1)C(F)(F)F. The molecule has 1 N–H and O–H groups in total. The molecule has 2 rings (SSSR count). The number of alkyl halides is 3. The van der Waals surface area contributed by atoms with Crippen molar-refractivity contribution in [1.82, 2.24) is 5.32 Å². The Bertz CT molecular complexity index is 812. The minimum atomic E-state index is -5.07. The molecule has 0 saturated carbocycles. The molecule has 1 amide bonds. The number of esters is 1. The third kappa shape index (κ3) is 4.95. The van der Waals surface area contributed by atoms with Crippen LogP contribution in [-0.2, 0) is 31.1 Å². The molecule has 5 nitrogen and oxygen atoms in total. The molecule has 156 valence electrons. The second-order valence-corrected chi connectivity index (χ2v) is 6.22. The van der Waals surface area contributed by atoms with Crippen LogP contribution in [-0.4, -0.2) is 37.8 Å². The van der Waals surface area contributed by atoms with E-state index in [0.717, 1.165) is 19.2 Å². The third-order valence-corrected chi connectivity index (χ3v) is 4.36. The summed E-state index contributed by atoms with van der Waals surface area (Å²) in [5.41, 5.74) is -3.01. The number of halogens is 3. The number of amides is 1. The van der Waals surface area contributed by atoms with Crippen LogP contribution in [0.3, 0.4) is 0 Å². The molecule has 0 fully saturated rings. The number of methoxy groups -OCH3 is 1. The zero-order chi connectivity index (χ0) is 21.5. The summed E-state index contributed by atoms with van der Waals surface area (Å²) >= 11 is 0. The van der Waals surface area contributed by atoms with E-state index in [9.17, 15) is 22.8 Å². The van der Waals surface area contributed by atoms with E-state index >= 15 is 0 Å². The normalized spacial score (nSPS) is 14.5. The average molecular weight is 409 g/mol. The van der Waals surface area contributed by atoms with Crippen molar-refractivity contribution in [2.75, 3.05) is 13.7 Å². The first-order valence-electron chi connectivity index (χ1n) is 8.95. The maximum atomic E-state index is 14.0. The molecule has 2 atom stereocenters. The van der Waals surface area contributed by atoms with E-state index in [1.54, 1.807) is 37.3 Å². The maximum Gasteiger partial charge on any atom is 0.430 e. The van der Waals surface area contributed by atoms with Gasteiger partial charge in [-0.05, 0) is 12.5 Å². The third-order valence-electron chi connectivity index (χ3n) is 4.36. The van der Waals surface area contributed by atoms with Crippen molar-refractivity contribution in [3.05, 3.63) is 71.8 Å². The van der Waals surface area contributed by atoms with Crippen molar-refractivity contribution in [1.29, 1.82) is 0 Å².